The Morgan fingerprint density at radius 2 is 1.88 bits per heavy atom. The van der Waals surface area contributed by atoms with Crippen molar-refractivity contribution in [3.8, 4) is 0 Å². The van der Waals surface area contributed by atoms with Gasteiger partial charge in [0.05, 0.1) is 0 Å². The van der Waals surface area contributed by atoms with Crippen LogP contribution in [0.4, 0.5) is 0 Å². The molecular formula is C6H14S2. The Balaban J connectivity index is 3.37. The van der Waals surface area contributed by atoms with Crippen LogP contribution in [0.3, 0.4) is 0 Å². The summed E-state index contributed by atoms with van der Waals surface area (Å²) < 4.78 is 0.472. The standard InChI is InChI=1S/C6H14S2/c1-5-6(2,3)8-7-4/h5H2,1-4H3. The Bertz CT molecular complexity index is 59.5. The topological polar surface area (TPSA) is 0 Å². The molecule has 50 valence electrons. The average molecular weight is 150 g/mol. The highest BCUT2D eigenvalue weighted by Gasteiger charge is 2.13. The zero-order valence-electron chi connectivity index (χ0n) is 6.02. The van der Waals surface area contributed by atoms with Gasteiger partial charge in [-0.15, -0.1) is 0 Å². The first-order chi connectivity index (χ1) is 3.62. The van der Waals surface area contributed by atoms with E-state index in [4.69, 9.17) is 0 Å². The molecule has 0 bridgehead atoms. The van der Waals surface area contributed by atoms with E-state index in [9.17, 15) is 0 Å². The van der Waals surface area contributed by atoms with Crippen molar-refractivity contribution in [2.24, 2.45) is 0 Å². The largest absolute Gasteiger partial charge is 0.0971 e. The van der Waals surface area contributed by atoms with Crippen LogP contribution < -0.4 is 0 Å². The molecule has 0 aromatic heterocycles. The van der Waals surface area contributed by atoms with E-state index in [1.165, 1.54) is 6.42 Å². The van der Waals surface area contributed by atoms with Crippen LogP contribution >= 0.6 is 21.6 Å². The summed E-state index contributed by atoms with van der Waals surface area (Å²) in [5.74, 6) is 0. The van der Waals surface area contributed by atoms with Crippen molar-refractivity contribution in [1.29, 1.82) is 0 Å². The van der Waals surface area contributed by atoms with Gasteiger partial charge in [-0.2, -0.15) is 0 Å². The third-order valence-corrected chi connectivity index (χ3v) is 3.92. The fourth-order valence-corrected chi connectivity index (χ4v) is 2.56. The molecule has 0 aliphatic carbocycles. The average Bonchev–Trinajstić information content (AvgIpc) is 1.67. The fraction of sp³-hybridized carbons (Fsp3) is 1.00. The molecule has 0 aliphatic heterocycles. The van der Waals surface area contributed by atoms with Crippen molar-refractivity contribution >= 4 is 21.6 Å². The molecule has 0 spiro atoms. The molecular weight excluding hydrogens is 136 g/mol. The molecule has 0 nitrogen and oxygen atoms in total. The maximum Gasteiger partial charge on any atom is 0.0204 e. The first-order valence-electron chi connectivity index (χ1n) is 2.84. The second-order valence-electron chi connectivity index (χ2n) is 2.36. The molecule has 0 aliphatic rings. The van der Waals surface area contributed by atoms with Gasteiger partial charge in [-0.25, -0.2) is 0 Å². The zero-order valence-corrected chi connectivity index (χ0v) is 7.66. The predicted molar refractivity (Wildman–Crippen MR) is 45.5 cm³/mol. The van der Waals surface area contributed by atoms with E-state index in [2.05, 4.69) is 27.0 Å². The normalized spacial score (nSPS) is 12.0. The number of hydrogen-bond acceptors (Lipinski definition) is 2. The molecule has 0 rings (SSSR count). The van der Waals surface area contributed by atoms with Crippen LogP contribution in [-0.2, 0) is 0 Å². The first kappa shape index (κ1) is 8.70. The second kappa shape index (κ2) is 3.67. The summed E-state index contributed by atoms with van der Waals surface area (Å²) >= 11 is 0. The second-order valence-corrected chi connectivity index (χ2v) is 5.47. The molecule has 0 N–H and O–H groups in total. The summed E-state index contributed by atoms with van der Waals surface area (Å²) in [4.78, 5) is 0. The molecule has 0 saturated heterocycles. The van der Waals surface area contributed by atoms with Crippen LogP contribution in [0.15, 0.2) is 0 Å². The van der Waals surface area contributed by atoms with Crippen molar-refractivity contribution in [2.75, 3.05) is 6.26 Å². The molecule has 8 heavy (non-hydrogen) atoms. The molecule has 0 amide bonds. The fourth-order valence-electron chi connectivity index (χ4n) is 0.285. The van der Waals surface area contributed by atoms with Gasteiger partial charge in [-0.05, 0) is 26.5 Å². The quantitative estimate of drug-likeness (QED) is 0.567. The maximum absolute atomic E-state index is 2.27. The molecule has 0 saturated carbocycles. The first-order valence-corrected chi connectivity index (χ1v) is 5.40. The van der Waals surface area contributed by atoms with Crippen molar-refractivity contribution < 1.29 is 0 Å². The van der Waals surface area contributed by atoms with E-state index in [0.717, 1.165) is 0 Å². The molecule has 0 heterocycles. The Hall–Kier alpha value is 0.700. The summed E-state index contributed by atoms with van der Waals surface area (Å²) in [5, 5.41) is 0. The van der Waals surface area contributed by atoms with Gasteiger partial charge in [0, 0.05) is 4.75 Å². The lowest BCUT2D eigenvalue weighted by atomic mass is 10.1. The van der Waals surface area contributed by atoms with Crippen molar-refractivity contribution in [1.82, 2.24) is 0 Å². The zero-order chi connectivity index (χ0) is 6.62. The summed E-state index contributed by atoms with van der Waals surface area (Å²) in [6.45, 7) is 6.77. The Kier molecular flexibility index (Phi) is 4.00. The summed E-state index contributed by atoms with van der Waals surface area (Å²) in [6, 6.07) is 0. The predicted octanol–water partition coefficient (Wildman–Crippen LogP) is 3.19. The van der Waals surface area contributed by atoms with Crippen LogP contribution in [0.25, 0.3) is 0 Å². The third-order valence-electron chi connectivity index (χ3n) is 1.16. The molecule has 2 heteroatoms. The van der Waals surface area contributed by atoms with E-state index in [1.54, 1.807) is 0 Å². The Morgan fingerprint density at radius 3 is 2.00 bits per heavy atom. The van der Waals surface area contributed by atoms with E-state index >= 15 is 0 Å². The minimum absolute atomic E-state index is 0.472. The molecule has 0 unspecified atom stereocenters. The van der Waals surface area contributed by atoms with E-state index in [1.807, 2.05) is 21.6 Å². The van der Waals surface area contributed by atoms with Crippen LogP contribution in [-0.4, -0.2) is 11.0 Å². The summed E-state index contributed by atoms with van der Waals surface area (Å²) in [7, 11) is 3.80. The van der Waals surface area contributed by atoms with Crippen LogP contribution in [0.2, 0.25) is 0 Å². The van der Waals surface area contributed by atoms with Crippen LogP contribution in [0.1, 0.15) is 27.2 Å². The van der Waals surface area contributed by atoms with E-state index < -0.39 is 0 Å². The minimum atomic E-state index is 0.472. The van der Waals surface area contributed by atoms with Crippen molar-refractivity contribution in [2.45, 2.75) is 31.9 Å². The Labute approximate surface area is 60.2 Å². The molecule has 0 atom stereocenters. The smallest absolute Gasteiger partial charge is 0.0204 e. The van der Waals surface area contributed by atoms with Gasteiger partial charge in [0.25, 0.3) is 0 Å². The van der Waals surface area contributed by atoms with E-state index in [-0.39, 0.29) is 0 Å². The SMILES string of the molecule is CCC(C)(C)SSC. The van der Waals surface area contributed by atoms with Gasteiger partial charge in [-0.3, -0.25) is 0 Å². The molecule has 0 aromatic carbocycles. The molecule has 0 radical (unpaired) electrons. The van der Waals surface area contributed by atoms with Gasteiger partial charge < -0.3 is 0 Å². The highest BCUT2D eigenvalue weighted by molar-refractivity contribution is 8.76. The lowest BCUT2D eigenvalue weighted by molar-refractivity contribution is 0.690. The monoisotopic (exact) mass is 150 g/mol. The Morgan fingerprint density at radius 1 is 1.38 bits per heavy atom. The van der Waals surface area contributed by atoms with Crippen LogP contribution in [0.5, 0.6) is 0 Å². The summed E-state index contributed by atoms with van der Waals surface area (Å²) in [5.41, 5.74) is 0. The highest BCUT2D eigenvalue weighted by atomic mass is 33.1. The molecule has 0 fully saturated rings. The highest BCUT2D eigenvalue weighted by Crippen LogP contribution is 2.35. The van der Waals surface area contributed by atoms with Crippen LogP contribution in [0, 0.1) is 0 Å². The van der Waals surface area contributed by atoms with E-state index in [0.29, 0.717) is 4.75 Å². The van der Waals surface area contributed by atoms with Gasteiger partial charge >= 0.3 is 0 Å². The van der Waals surface area contributed by atoms with Gasteiger partial charge in [0.2, 0.25) is 0 Å². The van der Waals surface area contributed by atoms with Gasteiger partial charge in [-0.1, -0.05) is 28.5 Å². The lowest BCUT2D eigenvalue weighted by Gasteiger charge is -2.19. The summed E-state index contributed by atoms with van der Waals surface area (Å²) in [6.07, 6.45) is 3.38. The third kappa shape index (κ3) is 3.67. The minimum Gasteiger partial charge on any atom is -0.0971 e. The lowest BCUT2D eigenvalue weighted by Crippen LogP contribution is -2.09. The van der Waals surface area contributed by atoms with Crippen molar-refractivity contribution in [3.63, 3.8) is 0 Å². The van der Waals surface area contributed by atoms with Gasteiger partial charge in [0.15, 0.2) is 0 Å². The van der Waals surface area contributed by atoms with Gasteiger partial charge in [0.1, 0.15) is 0 Å². The molecule has 0 aromatic rings. The number of rotatable bonds is 3. The number of hydrogen-bond donors (Lipinski definition) is 0. The van der Waals surface area contributed by atoms with Crippen molar-refractivity contribution in [3.05, 3.63) is 0 Å². The maximum atomic E-state index is 2.27.